The molecule has 1 fully saturated rings. The summed E-state index contributed by atoms with van der Waals surface area (Å²) in [5.74, 6) is 0.637. The van der Waals surface area contributed by atoms with Gasteiger partial charge in [-0.05, 0) is 19.1 Å². The fraction of sp³-hybridized carbons (Fsp3) is 0.333. The van der Waals surface area contributed by atoms with E-state index in [-0.39, 0.29) is 5.91 Å². The van der Waals surface area contributed by atoms with Gasteiger partial charge in [0.1, 0.15) is 0 Å². The normalized spacial score (nSPS) is 14.7. The lowest BCUT2D eigenvalue weighted by Gasteiger charge is -2.35. The number of aryl methyl sites for hydroxylation is 1. The van der Waals surface area contributed by atoms with Crippen LogP contribution in [0.5, 0.6) is 0 Å². The maximum absolute atomic E-state index is 12.7. The number of aromatic nitrogens is 4. The quantitative estimate of drug-likeness (QED) is 0.649. The summed E-state index contributed by atoms with van der Waals surface area (Å²) < 4.78 is 3.17. The Labute approximate surface area is 172 Å². The molecule has 1 aliphatic heterocycles. The van der Waals surface area contributed by atoms with E-state index in [1.54, 1.807) is 7.05 Å². The Morgan fingerprint density at radius 1 is 1.13 bits per heavy atom. The lowest BCUT2D eigenvalue weighted by Crippen LogP contribution is -2.49. The second-order valence-corrected chi connectivity index (χ2v) is 7.23. The second-order valence-electron chi connectivity index (χ2n) is 7.23. The molecule has 9 nitrogen and oxygen atoms in total. The van der Waals surface area contributed by atoms with Gasteiger partial charge in [0.25, 0.3) is 11.5 Å². The third-order valence-corrected chi connectivity index (χ3v) is 5.38. The number of aromatic amines is 1. The second kappa shape index (κ2) is 8.02. The molecule has 1 amide bonds. The molecular weight excluding hydrogens is 384 g/mol. The molecule has 2 aromatic heterocycles. The topological polar surface area (TPSA) is 96.2 Å². The average molecular weight is 408 g/mol. The van der Waals surface area contributed by atoms with Crippen molar-refractivity contribution in [1.29, 1.82) is 0 Å². The van der Waals surface area contributed by atoms with E-state index in [0.717, 1.165) is 0 Å². The first-order valence-corrected chi connectivity index (χ1v) is 9.91. The average Bonchev–Trinajstić information content (AvgIpc) is 3.16. The van der Waals surface area contributed by atoms with Crippen LogP contribution in [0.4, 0.5) is 5.95 Å². The van der Waals surface area contributed by atoms with Crippen molar-refractivity contribution in [3.8, 4) is 0 Å². The summed E-state index contributed by atoms with van der Waals surface area (Å²) in [6.45, 7) is 4.65. The molecule has 1 aliphatic rings. The van der Waals surface area contributed by atoms with Gasteiger partial charge >= 0.3 is 5.69 Å². The van der Waals surface area contributed by atoms with Gasteiger partial charge in [0.15, 0.2) is 11.2 Å². The zero-order chi connectivity index (χ0) is 21.3. The van der Waals surface area contributed by atoms with Crippen LogP contribution in [0, 0.1) is 0 Å². The number of hydrogen-bond acceptors (Lipinski definition) is 5. The Morgan fingerprint density at radius 3 is 2.50 bits per heavy atom. The van der Waals surface area contributed by atoms with Crippen molar-refractivity contribution >= 4 is 23.0 Å². The number of fused-ring (bicyclic) bond motifs is 1. The molecule has 4 rings (SSSR count). The molecule has 0 bridgehead atoms. The summed E-state index contributed by atoms with van der Waals surface area (Å²) in [5, 5.41) is 0. The van der Waals surface area contributed by atoms with Crippen LogP contribution in [0.1, 0.15) is 17.3 Å². The first kappa shape index (κ1) is 19.7. The van der Waals surface area contributed by atoms with Crippen LogP contribution in [-0.4, -0.2) is 56.1 Å². The molecular formula is C21H24N6O3. The maximum atomic E-state index is 12.7. The van der Waals surface area contributed by atoms with Crippen molar-refractivity contribution in [2.45, 2.75) is 13.5 Å². The highest BCUT2D eigenvalue weighted by Gasteiger charge is 2.26. The third-order valence-electron chi connectivity index (χ3n) is 5.38. The monoisotopic (exact) mass is 408 g/mol. The van der Waals surface area contributed by atoms with E-state index in [1.807, 2.05) is 58.9 Å². The summed E-state index contributed by atoms with van der Waals surface area (Å²) in [6, 6.07) is 9.23. The number of anilines is 1. The summed E-state index contributed by atoms with van der Waals surface area (Å²) in [5.41, 5.74) is 0.453. The van der Waals surface area contributed by atoms with Gasteiger partial charge in [0.2, 0.25) is 5.95 Å². The highest BCUT2D eigenvalue weighted by atomic mass is 16.2. The largest absolute Gasteiger partial charge is 0.339 e. The van der Waals surface area contributed by atoms with Gasteiger partial charge < -0.3 is 14.4 Å². The lowest BCUT2D eigenvalue weighted by molar-refractivity contribution is 0.0746. The van der Waals surface area contributed by atoms with E-state index in [1.165, 1.54) is 4.57 Å². The highest BCUT2D eigenvalue weighted by Crippen LogP contribution is 2.21. The highest BCUT2D eigenvalue weighted by molar-refractivity contribution is 5.94. The smallest absolute Gasteiger partial charge is 0.329 e. The van der Waals surface area contributed by atoms with Gasteiger partial charge in [-0.25, -0.2) is 4.79 Å². The zero-order valence-electron chi connectivity index (χ0n) is 17.0. The summed E-state index contributed by atoms with van der Waals surface area (Å²) >= 11 is 0. The molecule has 3 aromatic rings. The minimum atomic E-state index is -0.493. The van der Waals surface area contributed by atoms with Gasteiger partial charge in [0.05, 0.1) is 0 Å². The van der Waals surface area contributed by atoms with Crippen molar-refractivity contribution < 1.29 is 4.79 Å². The van der Waals surface area contributed by atoms with Crippen molar-refractivity contribution in [2.75, 3.05) is 31.1 Å². The van der Waals surface area contributed by atoms with Gasteiger partial charge in [-0.15, -0.1) is 0 Å². The SMILES string of the molecule is C/C=C/Cn1c(N2CCN(C(=O)c3ccccc3)CC2)nc2c1c(=O)[nH]c(=O)n2C. The number of nitrogens with one attached hydrogen (secondary N) is 1. The first-order chi connectivity index (χ1) is 14.5. The van der Waals surface area contributed by atoms with Crippen LogP contribution in [0.15, 0.2) is 52.1 Å². The minimum absolute atomic E-state index is 0.0107. The summed E-state index contributed by atoms with van der Waals surface area (Å²) in [4.78, 5) is 48.1. The van der Waals surface area contributed by atoms with Crippen LogP contribution >= 0.6 is 0 Å². The van der Waals surface area contributed by atoms with Crippen molar-refractivity contribution in [3.05, 3.63) is 68.9 Å². The van der Waals surface area contributed by atoms with Crippen LogP contribution in [-0.2, 0) is 13.6 Å². The maximum Gasteiger partial charge on any atom is 0.329 e. The summed E-state index contributed by atoms with van der Waals surface area (Å²) in [6.07, 6.45) is 3.84. The Kier molecular flexibility index (Phi) is 5.26. The van der Waals surface area contributed by atoms with Crippen molar-refractivity contribution in [1.82, 2.24) is 24.0 Å². The fourth-order valence-corrected chi connectivity index (χ4v) is 3.72. The Balaban J connectivity index is 1.65. The molecule has 0 radical (unpaired) electrons. The number of imidazole rings is 1. The van der Waals surface area contributed by atoms with E-state index in [4.69, 9.17) is 0 Å². The predicted octanol–water partition coefficient (Wildman–Crippen LogP) is 0.962. The van der Waals surface area contributed by atoms with E-state index in [9.17, 15) is 14.4 Å². The van der Waals surface area contributed by atoms with Crippen LogP contribution in [0.25, 0.3) is 11.2 Å². The number of H-pyrrole nitrogens is 1. The number of hydrogen-bond donors (Lipinski definition) is 1. The number of carbonyl (C=O) groups excluding carboxylic acids is 1. The number of rotatable bonds is 4. The number of carbonyl (C=O) groups is 1. The molecule has 0 unspecified atom stereocenters. The number of piperazine rings is 1. The van der Waals surface area contributed by atoms with Crippen LogP contribution in [0.2, 0.25) is 0 Å². The molecule has 0 atom stereocenters. The number of benzene rings is 1. The van der Waals surface area contributed by atoms with Crippen LogP contribution < -0.4 is 16.1 Å². The number of nitrogens with zero attached hydrogens (tertiary/aromatic N) is 5. The van der Waals surface area contributed by atoms with E-state index < -0.39 is 11.2 Å². The Bertz CT molecular complexity index is 1210. The van der Waals surface area contributed by atoms with E-state index in [0.29, 0.717) is 55.4 Å². The molecule has 156 valence electrons. The summed E-state index contributed by atoms with van der Waals surface area (Å²) in [7, 11) is 1.59. The lowest BCUT2D eigenvalue weighted by atomic mass is 10.2. The molecule has 9 heteroatoms. The standard InChI is InChI=1S/C21H24N6O3/c1-3-4-10-27-16-17(24(2)21(30)23-18(16)28)22-20(27)26-13-11-25(12-14-26)19(29)15-8-6-5-7-9-15/h3-9H,10-14H2,1-2H3,(H,23,28,30)/b4-3+. The molecule has 1 aromatic carbocycles. The molecule has 0 spiro atoms. The predicted molar refractivity (Wildman–Crippen MR) is 115 cm³/mol. The third kappa shape index (κ3) is 3.42. The Hall–Kier alpha value is -3.62. The number of amides is 1. The molecule has 1 saturated heterocycles. The van der Waals surface area contributed by atoms with Crippen molar-refractivity contribution in [2.24, 2.45) is 7.05 Å². The molecule has 1 N–H and O–H groups in total. The Morgan fingerprint density at radius 2 is 1.83 bits per heavy atom. The first-order valence-electron chi connectivity index (χ1n) is 9.91. The molecule has 30 heavy (non-hydrogen) atoms. The fourth-order valence-electron chi connectivity index (χ4n) is 3.72. The van der Waals surface area contributed by atoms with Gasteiger partial charge in [0, 0.05) is 45.3 Å². The van der Waals surface area contributed by atoms with Crippen molar-refractivity contribution in [3.63, 3.8) is 0 Å². The molecule has 0 saturated carbocycles. The van der Waals surface area contributed by atoms with Gasteiger partial charge in [-0.1, -0.05) is 30.4 Å². The van der Waals surface area contributed by atoms with Crippen LogP contribution in [0.3, 0.4) is 0 Å². The van der Waals surface area contributed by atoms with E-state index >= 15 is 0 Å². The van der Waals surface area contributed by atoms with E-state index in [2.05, 4.69) is 14.9 Å². The zero-order valence-corrected chi connectivity index (χ0v) is 17.0. The minimum Gasteiger partial charge on any atom is -0.339 e. The van der Waals surface area contributed by atoms with Gasteiger partial charge in [-0.3, -0.25) is 19.1 Å². The number of allylic oxidation sites excluding steroid dienone is 2. The van der Waals surface area contributed by atoms with Gasteiger partial charge in [-0.2, -0.15) is 4.98 Å². The molecule has 3 heterocycles. The molecule has 0 aliphatic carbocycles.